The monoisotopic (exact) mass is 562 g/mol. The van der Waals surface area contributed by atoms with Gasteiger partial charge in [-0.05, 0) is 54.6 Å². The van der Waals surface area contributed by atoms with Crippen LogP contribution in [0.1, 0.15) is 10.4 Å². The molecule has 0 saturated carbocycles. The van der Waals surface area contributed by atoms with Crippen molar-refractivity contribution in [2.24, 2.45) is 0 Å². The van der Waals surface area contributed by atoms with Gasteiger partial charge in [0.15, 0.2) is 0 Å². The Bertz CT molecular complexity index is 1500. The molecule has 4 rings (SSSR count). The zero-order valence-electron chi connectivity index (χ0n) is 20.3. The highest BCUT2D eigenvalue weighted by Crippen LogP contribution is 2.26. The highest BCUT2D eigenvalue weighted by atomic mass is 35.5. The summed E-state index contributed by atoms with van der Waals surface area (Å²) < 4.78 is 52.8. The fourth-order valence-electron chi connectivity index (χ4n) is 4.04. The summed E-state index contributed by atoms with van der Waals surface area (Å²) in [6.07, 6.45) is 1.05. The lowest BCUT2D eigenvalue weighted by Gasteiger charge is -2.35. The van der Waals surface area contributed by atoms with E-state index in [2.05, 4.69) is 10.2 Å². The van der Waals surface area contributed by atoms with Crippen molar-refractivity contribution in [3.05, 3.63) is 83.4 Å². The fourth-order valence-corrected chi connectivity index (χ4v) is 6.16. The Kier molecular flexibility index (Phi) is 7.79. The third kappa shape index (κ3) is 6.07. The van der Waals surface area contributed by atoms with E-state index in [1.807, 2.05) is 18.2 Å². The van der Waals surface area contributed by atoms with Gasteiger partial charge < -0.3 is 10.2 Å². The van der Waals surface area contributed by atoms with Gasteiger partial charge in [-0.2, -0.15) is 4.31 Å². The van der Waals surface area contributed by atoms with E-state index in [-0.39, 0.29) is 16.1 Å². The lowest BCUT2D eigenvalue weighted by molar-refractivity contribution is 0.102. The van der Waals surface area contributed by atoms with Crippen LogP contribution >= 0.6 is 11.6 Å². The number of rotatable bonds is 7. The minimum atomic E-state index is -3.71. The molecule has 1 N–H and O–H groups in total. The van der Waals surface area contributed by atoms with Crippen LogP contribution < -0.4 is 14.5 Å². The first-order valence-corrected chi connectivity index (χ1v) is 15.1. The van der Waals surface area contributed by atoms with Gasteiger partial charge in [0, 0.05) is 49.6 Å². The highest BCUT2D eigenvalue weighted by molar-refractivity contribution is 7.92. The number of anilines is 3. The van der Waals surface area contributed by atoms with Crippen LogP contribution in [0.5, 0.6) is 0 Å². The van der Waals surface area contributed by atoms with Crippen LogP contribution in [-0.4, -0.2) is 66.5 Å². The molecule has 1 aliphatic heterocycles. The average Bonchev–Trinajstić information content (AvgIpc) is 2.88. The second-order valence-electron chi connectivity index (χ2n) is 8.60. The Balaban J connectivity index is 1.44. The summed E-state index contributed by atoms with van der Waals surface area (Å²) in [4.78, 5) is 15.1. The van der Waals surface area contributed by atoms with Crippen molar-refractivity contribution < 1.29 is 21.6 Å². The van der Waals surface area contributed by atoms with Gasteiger partial charge in [0.2, 0.25) is 20.0 Å². The molecule has 3 aromatic rings. The van der Waals surface area contributed by atoms with E-state index in [4.69, 9.17) is 11.6 Å². The average molecular weight is 563 g/mol. The smallest absolute Gasteiger partial charge is 0.257 e. The third-order valence-corrected chi connectivity index (χ3v) is 9.49. The summed E-state index contributed by atoms with van der Waals surface area (Å²) >= 11 is 6.08. The largest absolute Gasteiger partial charge is 0.369 e. The van der Waals surface area contributed by atoms with Crippen LogP contribution in [0.4, 0.5) is 17.1 Å². The molecule has 0 spiro atoms. The Morgan fingerprint density at radius 3 is 2.16 bits per heavy atom. The molecule has 1 amide bonds. The number of nitrogens with zero attached hydrogens (tertiary/aromatic N) is 3. The number of halogens is 1. The number of hydrogen-bond acceptors (Lipinski definition) is 6. The van der Waals surface area contributed by atoms with E-state index >= 15 is 0 Å². The molecule has 1 saturated heterocycles. The zero-order valence-corrected chi connectivity index (χ0v) is 22.7. The van der Waals surface area contributed by atoms with Crippen LogP contribution in [0.3, 0.4) is 0 Å². The maximum atomic E-state index is 13.2. The summed E-state index contributed by atoms with van der Waals surface area (Å²) in [5, 5.41) is 3.34. The molecule has 0 bridgehead atoms. The van der Waals surface area contributed by atoms with E-state index in [0.29, 0.717) is 36.9 Å². The summed E-state index contributed by atoms with van der Waals surface area (Å²) in [5.41, 5.74) is 1.74. The van der Waals surface area contributed by atoms with Gasteiger partial charge in [-0.25, -0.2) is 16.8 Å². The Hall–Kier alpha value is -3.12. The van der Waals surface area contributed by atoms with E-state index in [1.54, 1.807) is 18.2 Å². The summed E-state index contributed by atoms with van der Waals surface area (Å²) in [7, 11) is -5.91. The topological polar surface area (TPSA) is 107 Å². The Morgan fingerprint density at radius 1 is 0.892 bits per heavy atom. The lowest BCUT2D eigenvalue weighted by atomic mass is 10.1. The molecule has 0 unspecified atom stereocenters. The van der Waals surface area contributed by atoms with E-state index in [9.17, 15) is 21.6 Å². The number of benzene rings is 3. The van der Waals surface area contributed by atoms with Crippen LogP contribution in [0.2, 0.25) is 5.02 Å². The van der Waals surface area contributed by atoms with E-state index < -0.39 is 26.0 Å². The van der Waals surface area contributed by atoms with Gasteiger partial charge in [0.1, 0.15) is 0 Å². The predicted octanol–water partition coefficient (Wildman–Crippen LogP) is 3.50. The molecule has 1 fully saturated rings. The van der Waals surface area contributed by atoms with E-state index in [0.717, 1.165) is 16.2 Å². The van der Waals surface area contributed by atoms with Crippen molar-refractivity contribution in [2.75, 3.05) is 54.0 Å². The van der Waals surface area contributed by atoms with Crippen molar-refractivity contribution >= 4 is 54.6 Å². The lowest BCUT2D eigenvalue weighted by Crippen LogP contribution is -2.48. The minimum Gasteiger partial charge on any atom is -0.369 e. The van der Waals surface area contributed by atoms with Gasteiger partial charge in [-0.3, -0.25) is 9.10 Å². The van der Waals surface area contributed by atoms with Gasteiger partial charge in [0.05, 0.1) is 22.4 Å². The number of piperazine rings is 1. The molecular formula is C25H27ClN4O5S2. The summed E-state index contributed by atoms with van der Waals surface area (Å²) in [5.74, 6) is -0.515. The summed E-state index contributed by atoms with van der Waals surface area (Å²) in [6, 6.07) is 19.7. The normalized spacial score (nSPS) is 14.8. The third-order valence-electron chi connectivity index (χ3n) is 6.15. The maximum absolute atomic E-state index is 13.2. The standard InChI is InChI=1S/C25H27ClN4O5S2/c1-28(36(2,32)33)24-9-4-3-8-23(24)25(31)27-20-10-12-22(13-11-20)37(34,35)30-16-14-29(15-17-30)21-7-5-6-19(26)18-21/h3-13,18H,14-17H2,1-2H3,(H,27,31). The van der Waals surface area contributed by atoms with Gasteiger partial charge in [-0.1, -0.05) is 29.8 Å². The first-order valence-electron chi connectivity index (χ1n) is 11.4. The first-order chi connectivity index (χ1) is 17.5. The SMILES string of the molecule is CN(c1ccccc1C(=O)Nc1ccc(S(=O)(=O)N2CCN(c3cccc(Cl)c3)CC2)cc1)S(C)(=O)=O. The molecule has 12 heteroatoms. The number of carbonyl (C=O) groups excluding carboxylic acids is 1. The highest BCUT2D eigenvalue weighted by Gasteiger charge is 2.29. The molecule has 0 radical (unpaired) electrons. The Labute approximate surface area is 222 Å². The molecular weight excluding hydrogens is 536 g/mol. The van der Waals surface area contributed by atoms with Gasteiger partial charge >= 0.3 is 0 Å². The minimum absolute atomic E-state index is 0.124. The van der Waals surface area contributed by atoms with Crippen LogP contribution in [0.25, 0.3) is 0 Å². The maximum Gasteiger partial charge on any atom is 0.257 e. The Morgan fingerprint density at radius 2 is 1.54 bits per heavy atom. The van der Waals surface area contributed by atoms with Crippen molar-refractivity contribution in [2.45, 2.75) is 4.90 Å². The predicted molar refractivity (Wildman–Crippen MR) is 147 cm³/mol. The molecule has 196 valence electrons. The molecule has 37 heavy (non-hydrogen) atoms. The number of amides is 1. The molecule has 1 heterocycles. The molecule has 1 aliphatic rings. The quantitative estimate of drug-likeness (QED) is 0.472. The number of para-hydroxylation sites is 1. The van der Waals surface area contributed by atoms with Crippen LogP contribution in [-0.2, 0) is 20.0 Å². The number of hydrogen-bond donors (Lipinski definition) is 1. The zero-order chi connectivity index (χ0) is 26.8. The first kappa shape index (κ1) is 26.9. The van der Waals surface area contributed by atoms with Crippen molar-refractivity contribution in [3.8, 4) is 0 Å². The number of sulfonamides is 2. The second kappa shape index (κ2) is 10.7. The summed E-state index contributed by atoms with van der Waals surface area (Å²) in [6.45, 7) is 1.74. The second-order valence-corrected chi connectivity index (χ2v) is 13.0. The van der Waals surface area contributed by atoms with Crippen molar-refractivity contribution in [1.29, 1.82) is 0 Å². The molecule has 0 aliphatic carbocycles. The van der Waals surface area contributed by atoms with Gasteiger partial charge in [-0.15, -0.1) is 0 Å². The molecule has 3 aromatic carbocycles. The van der Waals surface area contributed by atoms with Crippen molar-refractivity contribution in [1.82, 2.24) is 4.31 Å². The van der Waals surface area contributed by atoms with E-state index in [1.165, 1.54) is 47.8 Å². The number of carbonyl (C=O) groups is 1. The van der Waals surface area contributed by atoms with Gasteiger partial charge in [0.25, 0.3) is 5.91 Å². The fraction of sp³-hybridized carbons (Fsp3) is 0.240. The van der Waals surface area contributed by atoms with Crippen LogP contribution in [0.15, 0.2) is 77.7 Å². The van der Waals surface area contributed by atoms with Crippen molar-refractivity contribution in [3.63, 3.8) is 0 Å². The molecule has 0 atom stereocenters. The number of nitrogens with one attached hydrogen (secondary N) is 1. The molecule has 9 nitrogen and oxygen atoms in total. The van der Waals surface area contributed by atoms with Crippen LogP contribution in [0, 0.1) is 0 Å². The molecule has 0 aromatic heterocycles.